The summed E-state index contributed by atoms with van der Waals surface area (Å²) in [5.41, 5.74) is 5.56. The average Bonchev–Trinajstić information content (AvgIpc) is 2.35. The van der Waals surface area contributed by atoms with Crippen molar-refractivity contribution in [2.45, 2.75) is 26.7 Å². The molecule has 0 fully saturated rings. The Balaban J connectivity index is 2.47. The van der Waals surface area contributed by atoms with Crippen LogP contribution in [0.1, 0.15) is 26.7 Å². The van der Waals surface area contributed by atoms with Crippen LogP contribution in [0.4, 0.5) is 5.95 Å². The lowest BCUT2D eigenvalue weighted by molar-refractivity contribution is 0.326. The van der Waals surface area contributed by atoms with Crippen LogP contribution in [0.3, 0.4) is 0 Å². The van der Waals surface area contributed by atoms with Crippen molar-refractivity contribution in [3.05, 3.63) is 12.3 Å². The number of nitrogens with two attached hydrogens (primary N) is 1. The predicted molar refractivity (Wildman–Crippen MR) is 69.1 cm³/mol. The van der Waals surface area contributed by atoms with Crippen molar-refractivity contribution in [2.24, 2.45) is 11.7 Å². The molecule has 1 rings (SSSR count). The number of anilines is 1. The highest BCUT2D eigenvalue weighted by Gasteiger charge is 2.06. The predicted octanol–water partition coefficient (Wildman–Crippen LogP) is 1.66. The summed E-state index contributed by atoms with van der Waals surface area (Å²) in [6, 6.07) is 1.76. The number of nitrogens with zero attached hydrogens (tertiary/aromatic N) is 2. The van der Waals surface area contributed by atoms with E-state index in [4.69, 9.17) is 10.5 Å². The molecule has 1 unspecified atom stereocenters. The number of ether oxygens (including phenoxy) is 1. The second-order valence-corrected chi connectivity index (χ2v) is 3.88. The van der Waals surface area contributed by atoms with Crippen LogP contribution in [0.5, 0.6) is 5.88 Å². The van der Waals surface area contributed by atoms with Gasteiger partial charge in [0.15, 0.2) is 0 Å². The van der Waals surface area contributed by atoms with Crippen LogP contribution >= 0.6 is 0 Å². The van der Waals surface area contributed by atoms with Crippen LogP contribution in [0.25, 0.3) is 0 Å². The van der Waals surface area contributed by atoms with Crippen molar-refractivity contribution in [2.75, 3.05) is 25.0 Å². The molecule has 0 bridgehead atoms. The highest BCUT2D eigenvalue weighted by molar-refractivity contribution is 5.27. The third-order valence-electron chi connectivity index (χ3n) is 2.62. The summed E-state index contributed by atoms with van der Waals surface area (Å²) in [6.07, 6.45) is 3.83. The van der Waals surface area contributed by atoms with Crippen LogP contribution < -0.4 is 15.8 Å². The molecule has 3 N–H and O–H groups in total. The summed E-state index contributed by atoms with van der Waals surface area (Å²) in [5.74, 6) is 1.79. The first-order valence-electron chi connectivity index (χ1n) is 6.19. The lowest BCUT2D eigenvalue weighted by Crippen LogP contribution is -2.18. The van der Waals surface area contributed by atoms with E-state index < -0.39 is 0 Å². The average molecular weight is 238 g/mol. The maximum absolute atomic E-state index is 5.56. The molecule has 17 heavy (non-hydrogen) atoms. The first-order valence-corrected chi connectivity index (χ1v) is 6.19. The summed E-state index contributed by atoms with van der Waals surface area (Å²) in [7, 11) is 0. The van der Waals surface area contributed by atoms with E-state index in [-0.39, 0.29) is 0 Å². The second kappa shape index (κ2) is 7.84. The molecule has 0 aliphatic heterocycles. The zero-order valence-corrected chi connectivity index (χ0v) is 10.6. The first kappa shape index (κ1) is 13.7. The van der Waals surface area contributed by atoms with Crippen LogP contribution in [0.15, 0.2) is 12.3 Å². The third kappa shape index (κ3) is 4.99. The van der Waals surface area contributed by atoms with Crippen molar-refractivity contribution in [1.82, 2.24) is 9.97 Å². The molecule has 1 atom stereocenters. The number of hydrogen-bond acceptors (Lipinski definition) is 5. The SMILES string of the molecule is CCOc1ccnc(NCC(CC)CCN)n1. The van der Waals surface area contributed by atoms with Gasteiger partial charge in [0, 0.05) is 18.8 Å². The van der Waals surface area contributed by atoms with Crippen molar-refractivity contribution >= 4 is 5.95 Å². The minimum atomic E-state index is 0.569. The lowest BCUT2D eigenvalue weighted by atomic mass is 10.0. The van der Waals surface area contributed by atoms with Gasteiger partial charge in [-0.2, -0.15) is 4.98 Å². The van der Waals surface area contributed by atoms with E-state index in [1.807, 2.05) is 6.92 Å². The molecule has 0 aliphatic carbocycles. The molecule has 0 saturated carbocycles. The van der Waals surface area contributed by atoms with Crippen LogP contribution in [0.2, 0.25) is 0 Å². The molecule has 5 nitrogen and oxygen atoms in total. The Morgan fingerprint density at radius 1 is 1.47 bits per heavy atom. The van der Waals surface area contributed by atoms with Gasteiger partial charge in [0.1, 0.15) is 0 Å². The van der Waals surface area contributed by atoms with Crippen molar-refractivity contribution < 1.29 is 4.74 Å². The number of nitrogens with one attached hydrogen (secondary N) is 1. The van der Waals surface area contributed by atoms with Crippen molar-refractivity contribution in [3.63, 3.8) is 0 Å². The molecule has 0 spiro atoms. The zero-order valence-electron chi connectivity index (χ0n) is 10.6. The Kier molecular flexibility index (Phi) is 6.32. The third-order valence-corrected chi connectivity index (χ3v) is 2.62. The van der Waals surface area contributed by atoms with Gasteiger partial charge in [0.2, 0.25) is 11.8 Å². The van der Waals surface area contributed by atoms with E-state index in [2.05, 4.69) is 22.2 Å². The largest absolute Gasteiger partial charge is 0.478 e. The fourth-order valence-electron chi connectivity index (χ4n) is 1.58. The Labute approximate surface area is 103 Å². The molecule has 1 aromatic heterocycles. The van der Waals surface area contributed by atoms with Gasteiger partial charge in [-0.1, -0.05) is 13.3 Å². The van der Waals surface area contributed by atoms with Gasteiger partial charge >= 0.3 is 0 Å². The molecule has 0 radical (unpaired) electrons. The van der Waals surface area contributed by atoms with Crippen molar-refractivity contribution in [1.29, 1.82) is 0 Å². The monoisotopic (exact) mass is 238 g/mol. The minimum Gasteiger partial charge on any atom is -0.478 e. The van der Waals surface area contributed by atoms with E-state index >= 15 is 0 Å². The van der Waals surface area contributed by atoms with Gasteiger partial charge in [0.25, 0.3) is 0 Å². The van der Waals surface area contributed by atoms with Crippen LogP contribution in [-0.2, 0) is 0 Å². The standard InChI is InChI=1S/C12H22N4O/c1-3-10(5-7-13)9-15-12-14-8-6-11(16-12)17-4-2/h6,8,10H,3-5,7,9,13H2,1-2H3,(H,14,15,16). The Morgan fingerprint density at radius 2 is 2.29 bits per heavy atom. The summed E-state index contributed by atoms with van der Waals surface area (Å²) in [6.45, 7) is 6.29. The first-order chi connectivity index (χ1) is 8.30. The van der Waals surface area contributed by atoms with Gasteiger partial charge in [-0.05, 0) is 25.8 Å². The normalized spacial score (nSPS) is 12.2. The maximum Gasteiger partial charge on any atom is 0.225 e. The second-order valence-electron chi connectivity index (χ2n) is 3.88. The molecule has 0 aliphatic rings. The van der Waals surface area contributed by atoms with Crippen LogP contribution in [0, 0.1) is 5.92 Å². The van der Waals surface area contributed by atoms with Gasteiger partial charge in [-0.25, -0.2) is 4.98 Å². The summed E-state index contributed by atoms with van der Waals surface area (Å²) in [4.78, 5) is 8.41. The zero-order chi connectivity index (χ0) is 12.5. The number of hydrogen-bond donors (Lipinski definition) is 2. The van der Waals surface area contributed by atoms with Crippen LogP contribution in [-0.4, -0.2) is 29.7 Å². The van der Waals surface area contributed by atoms with Gasteiger partial charge < -0.3 is 15.8 Å². The maximum atomic E-state index is 5.56. The highest BCUT2D eigenvalue weighted by atomic mass is 16.5. The lowest BCUT2D eigenvalue weighted by Gasteiger charge is -2.14. The molecule has 1 heterocycles. The van der Waals surface area contributed by atoms with Gasteiger partial charge in [0.05, 0.1) is 6.61 Å². The van der Waals surface area contributed by atoms with E-state index in [0.717, 1.165) is 25.9 Å². The number of rotatable bonds is 8. The molecular formula is C12H22N4O. The van der Waals surface area contributed by atoms with E-state index in [1.54, 1.807) is 12.3 Å². The van der Waals surface area contributed by atoms with Crippen molar-refractivity contribution in [3.8, 4) is 5.88 Å². The van der Waals surface area contributed by atoms with E-state index in [1.165, 1.54) is 0 Å². The Hall–Kier alpha value is -1.36. The van der Waals surface area contributed by atoms with E-state index in [0.29, 0.717) is 24.4 Å². The topological polar surface area (TPSA) is 73.1 Å². The fourth-order valence-corrected chi connectivity index (χ4v) is 1.58. The molecule has 0 saturated heterocycles. The summed E-state index contributed by atoms with van der Waals surface area (Å²) >= 11 is 0. The quantitative estimate of drug-likeness (QED) is 0.720. The molecule has 1 aromatic rings. The molecular weight excluding hydrogens is 216 g/mol. The summed E-state index contributed by atoms with van der Waals surface area (Å²) in [5, 5.41) is 3.22. The highest BCUT2D eigenvalue weighted by Crippen LogP contribution is 2.11. The van der Waals surface area contributed by atoms with E-state index in [9.17, 15) is 0 Å². The molecule has 0 amide bonds. The molecule has 0 aromatic carbocycles. The summed E-state index contributed by atoms with van der Waals surface area (Å²) < 4.78 is 5.32. The smallest absolute Gasteiger partial charge is 0.225 e. The molecule has 5 heteroatoms. The Morgan fingerprint density at radius 3 is 2.94 bits per heavy atom. The number of aromatic nitrogens is 2. The van der Waals surface area contributed by atoms with Gasteiger partial charge in [-0.15, -0.1) is 0 Å². The molecule has 96 valence electrons. The minimum absolute atomic E-state index is 0.569. The Bertz CT molecular complexity index is 319. The van der Waals surface area contributed by atoms with Gasteiger partial charge in [-0.3, -0.25) is 0 Å². The fraction of sp³-hybridized carbons (Fsp3) is 0.667.